The molecule has 0 aliphatic heterocycles. The number of aryl methyl sites for hydroxylation is 1. The number of nitrogens with one attached hydrogen (secondary N) is 2. The second-order valence-corrected chi connectivity index (χ2v) is 5.79. The van der Waals surface area contributed by atoms with Gasteiger partial charge in [0.05, 0.1) is 5.02 Å². The third-order valence-corrected chi connectivity index (χ3v) is 4.24. The highest BCUT2D eigenvalue weighted by Crippen LogP contribution is 2.33. The Hall–Kier alpha value is -1.28. The number of aromatic nitrogens is 3. The van der Waals surface area contributed by atoms with Crippen LogP contribution in [0.25, 0.3) is 0 Å². The van der Waals surface area contributed by atoms with Crippen LogP contribution in [0.2, 0.25) is 5.02 Å². The lowest BCUT2D eigenvalue weighted by Gasteiger charge is -2.08. The topological polar surface area (TPSA) is 71.8 Å². The monoisotopic (exact) mass is 361 g/mol. The molecular formula is C13H17Cl2N5OS. The molecule has 0 spiro atoms. The molecule has 0 radical (unpaired) electrons. The van der Waals surface area contributed by atoms with Crippen molar-refractivity contribution in [3.63, 3.8) is 0 Å². The van der Waals surface area contributed by atoms with Crippen molar-refractivity contribution < 1.29 is 4.79 Å². The lowest BCUT2D eigenvalue weighted by molar-refractivity contribution is -0.116. The molecular weight excluding hydrogens is 345 g/mol. The van der Waals surface area contributed by atoms with E-state index in [-0.39, 0.29) is 18.3 Å². The normalized spacial score (nSPS) is 10.1. The Balaban J connectivity index is 0.00000242. The van der Waals surface area contributed by atoms with Crippen LogP contribution < -0.4 is 10.6 Å². The number of carbonyl (C=O) groups is 1. The highest BCUT2D eigenvalue weighted by molar-refractivity contribution is 7.99. The van der Waals surface area contributed by atoms with Gasteiger partial charge in [-0.25, -0.2) is 0 Å². The third-order valence-electron chi connectivity index (χ3n) is 2.69. The lowest BCUT2D eigenvalue weighted by atomic mass is 10.3. The molecule has 0 aliphatic rings. The van der Waals surface area contributed by atoms with E-state index >= 15 is 0 Å². The number of nitrogens with zero attached hydrogens (tertiary/aromatic N) is 3. The maximum atomic E-state index is 11.6. The minimum Gasteiger partial charge on any atom is -0.326 e. The van der Waals surface area contributed by atoms with Crippen molar-refractivity contribution in [2.45, 2.75) is 16.5 Å². The molecule has 2 N–H and O–H groups in total. The van der Waals surface area contributed by atoms with Gasteiger partial charge in [0.25, 0.3) is 0 Å². The molecule has 9 heteroatoms. The molecule has 1 aromatic heterocycles. The third kappa shape index (κ3) is 5.17. The SMILES string of the molecule is CNCCC(=O)Nc1ccc(Sc2nncn2C)c(Cl)c1.Cl. The van der Waals surface area contributed by atoms with Gasteiger partial charge in [0.15, 0.2) is 5.16 Å². The van der Waals surface area contributed by atoms with E-state index in [1.165, 1.54) is 11.8 Å². The second kappa shape index (κ2) is 8.99. The first-order valence-corrected chi connectivity index (χ1v) is 7.55. The maximum Gasteiger partial charge on any atom is 0.225 e. The fraction of sp³-hybridized carbons (Fsp3) is 0.308. The standard InChI is InChI=1S/C13H16ClN5OS.ClH/c1-15-6-5-12(20)17-9-3-4-11(10(14)7-9)21-13-18-16-8-19(13)2;/h3-4,7-8,15H,5-6H2,1-2H3,(H,17,20);1H. The lowest BCUT2D eigenvalue weighted by Crippen LogP contribution is -2.18. The van der Waals surface area contributed by atoms with Crippen molar-refractivity contribution >= 4 is 47.4 Å². The summed E-state index contributed by atoms with van der Waals surface area (Å²) in [5.41, 5.74) is 0.684. The number of hydrogen-bond donors (Lipinski definition) is 2. The van der Waals surface area contributed by atoms with E-state index in [1.807, 2.05) is 30.8 Å². The van der Waals surface area contributed by atoms with Crippen molar-refractivity contribution in [1.29, 1.82) is 0 Å². The Morgan fingerprint density at radius 2 is 2.23 bits per heavy atom. The molecule has 0 bridgehead atoms. The van der Waals surface area contributed by atoms with E-state index in [1.54, 1.807) is 12.4 Å². The van der Waals surface area contributed by atoms with Crippen LogP contribution in [0.15, 0.2) is 34.6 Å². The van der Waals surface area contributed by atoms with E-state index in [4.69, 9.17) is 11.6 Å². The zero-order chi connectivity index (χ0) is 15.2. The minimum atomic E-state index is -0.0471. The number of amides is 1. The molecule has 0 unspecified atom stereocenters. The molecule has 120 valence electrons. The predicted octanol–water partition coefficient (Wildman–Crippen LogP) is 2.59. The molecule has 2 rings (SSSR count). The van der Waals surface area contributed by atoms with Gasteiger partial charge < -0.3 is 15.2 Å². The number of rotatable bonds is 6. The van der Waals surface area contributed by atoms with Crippen LogP contribution >= 0.6 is 35.8 Å². The summed E-state index contributed by atoms with van der Waals surface area (Å²) in [6.45, 7) is 0.639. The minimum absolute atomic E-state index is 0. The summed E-state index contributed by atoms with van der Waals surface area (Å²) in [4.78, 5) is 12.5. The van der Waals surface area contributed by atoms with E-state index in [9.17, 15) is 4.79 Å². The molecule has 0 saturated carbocycles. The fourth-order valence-electron chi connectivity index (χ4n) is 1.59. The maximum absolute atomic E-state index is 11.6. The molecule has 22 heavy (non-hydrogen) atoms. The molecule has 0 aliphatic carbocycles. The van der Waals surface area contributed by atoms with Gasteiger partial charge >= 0.3 is 0 Å². The molecule has 1 aromatic carbocycles. The Labute approximate surface area is 144 Å². The zero-order valence-electron chi connectivity index (χ0n) is 12.2. The predicted molar refractivity (Wildman–Crippen MR) is 91.0 cm³/mol. The molecule has 0 saturated heterocycles. The van der Waals surface area contributed by atoms with Gasteiger partial charge in [0.1, 0.15) is 6.33 Å². The Morgan fingerprint density at radius 3 is 2.82 bits per heavy atom. The van der Waals surface area contributed by atoms with Gasteiger partial charge in [-0.1, -0.05) is 11.6 Å². The van der Waals surface area contributed by atoms with E-state index < -0.39 is 0 Å². The first kappa shape index (κ1) is 18.8. The van der Waals surface area contributed by atoms with Crippen LogP contribution in [0.4, 0.5) is 5.69 Å². The smallest absolute Gasteiger partial charge is 0.225 e. The Bertz CT molecular complexity index is 635. The highest BCUT2D eigenvalue weighted by Gasteiger charge is 2.09. The second-order valence-electron chi connectivity index (χ2n) is 4.37. The van der Waals surface area contributed by atoms with Crippen molar-refractivity contribution in [2.75, 3.05) is 18.9 Å². The van der Waals surface area contributed by atoms with Gasteiger partial charge in [0.2, 0.25) is 5.91 Å². The van der Waals surface area contributed by atoms with Crippen molar-refractivity contribution in [1.82, 2.24) is 20.1 Å². The molecule has 1 heterocycles. The van der Waals surface area contributed by atoms with Crippen LogP contribution in [0.5, 0.6) is 0 Å². The molecule has 2 aromatic rings. The van der Waals surface area contributed by atoms with Crippen LogP contribution in [0, 0.1) is 0 Å². The zero-order valence-corrected chi connectivity index (χ0v) is 14.6. The van der Waals surface area contributed by atoms with Crippen LogP contribution in [-0.2, 0) is 11.8 Å². The average molecular weight is 362 g/mol. The van der Waals surface area contributed by atoms with E-state index in [2.05, 4.69) is 20.8 Å². The number of halogens is 2. The molecule has 1 amide bonds. The first-order chi connectivity index (χ1) is 10.1. The molecule has 0 fully saturated rings. The van der Waals surface area contributed by atoms with Gasteiger partial charge in [-0.15, -0.1) is 22.6 Å². The van der Waals surface area contributed by atoms with Gasteiger partial charge in [0, 0.05) is 30.6 Å². The van der Waals surface area contributed by atoms with Crippen molar-refractivity contribution in [3.8, 4) is 0 Å². The number of benzene rings is 1. The van der Waals surface area contributed by atoms with Crippen LogP contribution in [-0.4, -0.2) is 34.3 Å². The summed E-state index contributed by atoms with van der Waals surface area (Å²) in [6, 6.07) is 5.41. The summed E-state index contributed by atoms with van der Waals surface area (Å²) in [5.74, 6) is -0.0471. The van der Waals surface area contributed by atoms with E-state index in [0.717, 1.165) is 10.1 Å². The largest absolute Gasteiger partial charge is 0.326 e. The number of carbonyl (C=O) groups excluding carboxylic acids is 1. The number of anilines is 1. The quantitative estimate of drug-likeness (QED) is 0.827. The number of hydrogen-bond acceptors (Lipinski definition) is 5. The summed E-state index contributed by atoms with van der Waals surface area (Å²) in [6.07, 6.45) is 2.05. The van der Waals surface area contributed by atoms with Gasteiger partial charge in [-0.3, -0.25) is 4.79 Å². The summed E-state index contributed by atoms with van der Waals surface area (Å²) < 4.78 is 1.81. The summed E-state index contributed by atoms with van der Waals surface area (Å²) in [5, 5.41) is 14.9. The average Bonchev–Trinajstić information content (AvgIpc) is 2.85. The molecule has 0 atom stereocenters. The first-order valence-electron chi connectivity index (χ1n) is 6.36. The Kier molecular flexibility index (Phi) is 7.67. The molecule has 6 nitrogen and oxygen atoms in total. The van der Waals surface area contributed by atoms with Crippen LogP contribution in [0.1, 0.15) is 6.42 Å². The van der Waals surface area contributed by atoms with Crippen molar-refractivity contribution in [3.05, 3.63) is 29.5 Å². The van der Waals surface area contributed by atoms with Gasteiger partial charge in [-0.2, -0.15) is 0 Å². The van der Waals surface area contributed by atoms with Gasteiger partial charge in [-0.05, 0) is 37.0 Å². The van der Waals surface area contributed by atoms with Crippen LogP contribution in [0.3, 0.4) is 0 Å². The fourth-order valence-corrected chi connectivity index (χ4v) is 2.65. The summed E-state index contributed by atoms with van der Waals surface area (Å²) in [7, 11) is 3.68. The van der Waals surface area contributed by atoms with E-state index in [0.29, 0.717) is 23.7 Å². The highest BCUT2D eigenvalue weighted by atomic mass is 35.5. The summed E-state index contributed by atoms with van der Waals surface area (Å²) >= 11 is 7.67. The van der Waals surface area contributed by atoms with Crippen molar-refractivity contribution in [2.24, 2.45) is 7.05 Å². The Morgan fingerprint density at radius 1 is 1.45 bits per heavy atom.